The van der Waals surface area contributed by atoms with Crippen LogP contribution in [-0.2, 0) is 22.4 Å². The highest BCUT2D eigenvalue weighted by Gasteiger charge is 2.23. The molecule has 2 heterocycles. The van der Waals surface area contributed by atoms with Crippen molar-refractivity contribution in [2.75, 3.05) is 31.6 Å². The molecule has 5 nitrogen and oxygen atoms in total. The number of hydrogen-bond donors (Lipinski definition) is 1. The van der Waals surface area contributed by atoms with Gasteiger partial charge in [-0.25, -0.2) is 0 Å². The third-order valence-electron chi connectivity index (χ3n) is 4.48. The predicted molar refractivity (Wildman–Crippen MR) is 90.8 cm³/mol. The van der Waals surface area contributed by atoms with Crippen molar-refractivity contribution in [1.82, 2.24) is 4.90 Å². The SMILES string of the molecule is C[C@H]1CN(CC(=O)Nc2sc3c(c2C#N)CCCCC3)CCO1. The fourth-order valence-corrected chi connectivity index (χ4v) is 4.61. The minimum atomic E-state index is -0.0352. The fraction of sp³-hybridized carbons (Fsp3) is 0.647. The third kappa shape index (κ3) is 3.92. The lowest BCUT2D eigenvalue weighted by Crippen LogP contribution is -2.44. The van der Waals surface area contributed by atoms with Crippen molar-refractivity contribution in [3.8, 4) is 6.07 Å². The van der Waals surface area contributed by atoms with E-state index < -0.39 is 0 Å². The maximum absolute atomic E-state index is 12.3. The smallest absolute Gasteiger partial charge is 0.239 e. The molecule has 0 spiro atoms. The Morgan fingerprint density at radius 1 is 1.43 bits per heavy atom. The number of hydrogen-bond acceptors (Lipinski definition) is 5. The average molecular weight is 333 g/mol. The van der Waals surface area contributed by atoms with E-state index in [0.29, 0.717) is 18.7 Å². The maximum Gasteiger partial charge on any atom is 0.239 e. The second-order valence-corrected chi connectivity index (χ2v) is 7.45. The monoisotopic (exact) mass is 333 g/mol. The van der Waals surface area contributed by atoms with Gasteiger partial charge < -0.3 is 10.1 Å². The van der Waals surface area contributed by atoms with Gasteiger partial charge in [-0.2, -0.15) is 5.26 Å². The van der Waals surface area contributed by atoms with E-state index in [-0.39, 0.29) is 12.0 Å². The molecule has 2 aliphatic rings. The molecule has 1 amide bonds. The molecule has 0 saturated carbocycles. The summed E-state index contributed by atoms with van der Waals surface area (Å²) in [4.78, 5) is 15.7. The summed E-state index contributed by atoms with van der Waals surface area (Å²) in [5, 5.41) is 13.2. The summed E-state index contributed by atoms with van der Waals surface area (Å²) in [6, 6.07) is 2.31. The second kappa shape index (κ2) is 7.43. The summed E-state index contributed by atoms with van der Waals surface area (Å²) in [5.74, 6) is -0.0352. The van der Waals surface area contributed by atoms with Gasteiger partial charge in [-0.1, -0.05) is 6.42 Å². The molecular formula is C17H23N3O2S. The zero-order valence-corrected chi connectivity index (χ0v) is 14.4. The number of morpholine rings is 1. The number of ether oxygens (including phenoxy) is 1. The van der Waals surface area contributed by atoms with Crippen LogP contribution in [0.2, 0.25) is 0 Å². The first-order chi connectivity index (χ1) is 11.2. The van der Waals surface area contributed by atoms with E-state index in [1.807, 2.05) is 6.92 Å². The molecule has 1 saturated heterocycles. The number of nitrogens with one attached hydrogen (secondary N) is 1. The van der Waals surface area contributed by atoms with E-state index in [4.69, 9.17) is 4.74 Å². The summed E-state index contributed by atoms with van der Waals surface area (Å²) >= 11 is 1.59. The molecule has 0 radical (unpaired) electrons. The molecular weight excluding hydrogens is 310 g/mol. The van der Waals surface area contributed by atoms with Gasteiger partial charge in [0.15, 0.2) is 0 Å². The average Bonchev–Trinajstić information content (AvgIpc) is 2.67. The van der Waals surface area contributed by atoms with Gasteiger partial charge in [0.05, 0.1) is 24.8 Å². The zero-order chi connectivity index (χ0) is 16.2. The van der Waals surface area contributed by atoms with Crippen molar-refractivity contribution < 1.29 is 9.53 Å². The lowest BCUT2D eigenvalue weighted by atomic mass is 10.1. The predicted octanol–water partition coefficient (Wildman–Crippen LogP) is 2.55. The van der Waals surface area contributed by atoms with Crippen molar-refractivity contribution >= 4 is 22.2 Å². The number of nitriles is 1. The highest BCUT2D eigenvalue weighted by Crippen LogP contribution is 2.36. The fourth-order valence-electron chi connectivity index (χ4n) is 3.35. The zero-order valence-electron chi connectivity index (χ0n) is 13.6. The minimum absolute atomic E-state index is 0.0352. The summed E-state index contributed by atoms with van der Waals surface area (Å²) in [5.41, 5.74) is 1.86. The Morgan fingerprint density at radius 3 is 3.04 bits per heavy atom. The molecule has 0 unspecified atom stereocenters. The summed E-state index contributed by atoms with van der Waals surface area (Å²) in [6.45, 7) is 4.61. The van der Waals surface area contributed by atoms with Crippen molar-refractivity contribution in [3.05, 3.63) is 16.0 Å². The number of nitrogens with zero attached hydrogens (tertiary/aromatic N) is 2. The molecule has 124 valence electrons. The van der Waals surface area contributed by atoms with Gasteiger partial charge >= 0.3 is 0 Å². The van der Waals surface area contributed by atoms with Crippen LogP contribution in [-0.4, -0.2) is 43.2 Å². The molecule has 1 aliphatic carbocycles. The first-order valence-corrected chi connectivity index (χ1v) is 9.17. The Morgan fingerprint density at radius 2 is 2.26 bits per heavy atom. The Bertz CT molecular complexity index is 620. The van der Waals surface area contributed by atoms with E-state index >= 15 is 0 Å². The highest BCUT2D eigenvalue weighted by atomic mass is 32.1. The number of thiophene rings is 1. The van der Waals surface area contributed by atoms with Crippen LogP contribution < -0.4 is 5.32 Å². The summed E-state index contributed by atoms with van der Waals surface area (Å²) < 4.78 is 5.50. The maximum atomic E-state index is 12.3. The Hall–Kier alpha value is -1.42. The molecule has 1 aliphatic heterocycles. The Kier molecular flexibility index (Phi) is 5.31. The number of anilines is 1. The number of amides is 1. The van der Waals surface area contributed by atoms with Crippen molar-refractivity contribution in [3.63, 3.8) is 0 Å². The molecule has 1 aromatic rings. The molecule has 0 bridgehead atoms. The van der Waals surface area contributed by atoms with Crippen molar-refractivity contribution in [2.24, 2.45) is 0 Å². The van der Waals surface area contributed by atoms with Crippen LogP contribution in [0.1, 0.15) is 42.2 Å². The summed E-state index contributed by atoms with van der Waals surface area (Å²) in [6.07, 6.45) is 5.71. The molecule has 1 atom stereocenters. The lowest BCUT2D eigenvalue weighted by molar-refractivity contribution is -0.119. The van der Waals surface area contributed by atoms with E-state index in [1.54, 1.807) is 11.3 Å². The number of aryl methyl sites for hydroxylation is 1. The van der Waals surface area contributed by atoms with Gasteiger partial charge in [0, 0.05) is 18.0 Å². The molecule has 1 N–H and O–H groups in total. The Labute approximate surface area is 141 Å². The van der Waals surface area contributed by atoms with Gasteiger partial charge in [-0.05, 0) is 38.2 Å². The van der Waals surface area contributed by atoms with Crippen LogP contribution in [0.4, 0.5) is 5.00 Å². The first kappa shape index (κ1) is 16.4. The molecule has 1 fully saturated rings. The van der Waals surface area contributed by atoms with Gasteiger partial charge in [-0.15, -0.1) is 11.3 Å². The van der Waals surface area contributed by atoms with Crippen molar-refractivity contribution in [2.45, 2.75) is 45.1 Å². The van der Waals surface area contributed by atoms with E-state index in [0.717, 1.165) is 37.4 Å². The lowest BCUT2D eigenvalue weighted by Gasteiger charge is -2.30. The normalized spacial score (nSPS) is 22.0. The molecule has 0 aromatic carbocycles. The van der Waals surface area contributed by atoms with E-state index in [9.17, 15) is 10.1 Å². The first-order valence-electron chi connectivity index (χ1n) is 8.36. The highest BCUT2D eigenvalue weighted by molar-refractivity contribution is 7.16. The quantitative estimate of drug-likeness (QED) is 0.863. The van der Waals surface area contributed by atoms with Crippen LogP contribution in [0.5, 0.6) is 0 Å². The van der Waals surface area contributed by atoms with Crippen LogP contribution in [0.15, 0.2) is 0 Å². The minimum Gasteiger partial charge on any atom is -0.376 e. The number of carbonyl (C=O) groups excluding carboxylic acids is 1. The summed E-state index contributed by atoms with van der Waals surface area (Å²) in [7, 11) is 0. The standard InChI is InChI=1S/C17H23N3O2S/c1-12-10-20(7-8-22-12)11-16(21)19-17-14(9-18)13-5-3-2-4-6-15(13)23-17/h12H,2-8,10-11H2,1H3,(H,19,21)/t12-/m0/s1. The van der Waals surface area contributed by atoms with Crippen LogP contribution in [0, 0.1) is 11.3 Å². The van der Waals surface area contributed by atoms with Crippen LogP contribution >= 0.6 is 11.3 Å². The van der Waals surface area contributed by atoms with Gasteiger partial charge in [0.1, 0.15) is 11.1 Å². The van der Waals surface area contributed by atoms with Crippen LogP contribution in [0.3, 0.4) is 0 Å². The van der Waals surface area contributed by atoms with Gasteiger partial charge in [0.25, 0.3) is 0 Å². The van der Waals surface area contributed by atoms with E-state index in [2.05, 4.69) is 16.3 Å². The Balaban J connectivity index is 1.67. The second-order valence-electron chi connectivity index (χ2n) is 6.35. The topological polar surface area (TPSA) is 65.4 Å². The molecule has 1 aromatic heterocycles. The van der Waals surface area contributed by atoms with Gasteiger partial charge in [-0.3, -0.25) is 9.69 Å². The van der Waals surface area contributed by atoms with Crippen LogP contribution in [0.25, 0.3) is 0 Å². The number of carbonyl (C=O) groups is 1. The third-order valence-corrected chi connectivity index (χ3v) is 5.69. The molecule has 23 heavy (non-hydrogen) atoms. The van der Waals surface area contributed by atoms with Crippen molar-refractivity contribution in [1.29, 1.82) is 5.26 Å². The largest absolute Gasteiger partial charge is 0.376 e. The van der Waals surface area contributed by atoms with E-state index in [1.165, 1.54) is 23.3 Å². The van der Waals surface area contributed by atoms with Gasteiger partial charge in [0.2, 0.25) is 5.91 Å². The number of rotatable bonds is 3. The molecule has 3 rings (SSSR count). The number of fused-ring (bicyclic) bond motifs is 1. The molecule has 6 heteroatoms.